The van der Waals surface area contributed by atoms with Gasteiger partial charge in [-0.15, -0.1) is 11.6 Å². The fraction of sp³-hybridized carbons (Fsp3) is 0.306. The van der Waals surface area contributed by atoms with E-state index in [1.54, 1.807) is 25.0 Å². The van der Waals surface area contributed by atoms with Gasteiger partial charge < -0.3 is 29.4 Å². The number of aromatic nitrogens is 3. The minimum Gasteiger partial charge on any atom is -0.497 e. The van der Waals surface area contributed by atoms with Gasteiger partial charge in [-0.05, 0) is 65.1 Å². The van der Waals surface area contributed by atoms with E-state index in [4.69, 9.17) is 42.6 Å². The number of hydrogen-bond donors (Lipinski definition) is 2. The zero-order chi connectivity index (χ0) is 33.3. The monoisotopic (exact) mass is 675 g/mol. The molecule has 0 radical (unpaired) electrons. The van der Waals surface area contributed by atoms with Crippen LogP contribution in [0.3, 0.4) is 0 Å². The number of pyridine rings is 1. The zero-order valence-corrected chi connectivity index (χ0v) is 28.3. The van der Waals surface area contributed by atoms with Gasteiger partial charge in [-0.3, -0.25) is 4.79 Å². The molecule has 246 valence electrons. The summed E-state index contributed by atoms with van der Waals surface area (Å²) >= 11 is 12.5. The summed E-state index contributed by atoms with van der Waals surface area (Å²) in [5.74, 6) is 2.69. The fourth-order valence-corrected chi connectivity index (χ4v) is 5.81. The van der Waals surface area contributed by atoms with Crippen LogP contribution in [-0.2, 0) is 25.5 Å². The SMILES string of the molecule is CCC[C@@H](CO)Nc1nc(N(Cc2ccc(OC)cc2)Cc2ccc(OC)cc2)nc2ccn(Cc3ccc(CCl)cc3Cl)c(=O)c12. The van der Waals surface area contributed by atoms with Crippen LogP contribution in [0.1, 0.15) is 42.0 Å². The Bertz CT molecular complexity index is 1800. The number of rotatable bonds is 15. The summed E-state index contributed by atoms with van der Waals surface area (Å²) < 4.78 is 12.3. The Morgan fingerprint density at radius 2 is 1.53 bits per heavy atom. The summed E-state index contributed by atoms with van der Waals surface area (Å²) in [5, 5.41) is 14.4. The number of aliphatic hydroxyl groups is 1. The molecular formula is C36H39Cl2N5O4. The second kappa shape index (κ2) is 16.0. The van der Waals surface area contributed by atoms with Crippen LogP contribution in [-0.4, -0.2) is 46.5 Å². The molecule has 5 aromatic rings. The molecule has 0 aliphatic rings. The van der Waals surface area contributed by atoms with Crippen molar-refractivity contribution in [3.63, 3.8) is 0 Å². The summed E-state index contributed by atoms with van der Waals surface area (Å²) in [6.07, 6.45) is 3.27. The number of nitrogens with one attached hydrogen (secondary N) is 1. The van der Waals surface area contributed by atoms with Crippen LogP contribution in [0.2, 0.25) is 5.02 Å². The first-order valence-electron chi connectivity index (χ1n) is 15.5. The third-order valence-electron chi connectivity index (χ3n) is 7.97. The molecule has 0 fully saturated rings. The van der Waals surface area contributed by atoms with Gasteiger partial charge in [0, 0.05) is 30.2 Å². The topological polar surface area (TPSA) is 102 Å². The lowest BCUT2D eigenvalue weighted by Crippen LogP contribution is -2.29. The molecule has 0 saturated carbocycles. The van der Waals surface area contributed by atoms with Gasteiger partial charge in [0.25, 0.3) is 5.56 Å². The summed E-state index contributed by atoms with van der Waals surface area (Å²) in [7, 11) is 3.28. The average molecular weight is 677 g/mol. The maximum Gasteiger partial charge on any atom is 0.264 e. The Morgan fingerprint density at radius 3 is 2.06 bits per heavy atom. The number of methoxy groups -OCH3 is 2. The number of fused-ring (bicyclic) bond motifs is 1. The van der Waals surface area contributed by atoms with Gasteiger partial charge >= 0.3 is 0 Å². The molecule has 2 N–H and O–H groups in total. The molecule has 0 aliphatic carbocycles. The quantitative estimate of drug-likeness (QED) is 0.114. The first kappa shape index (κ1) is 34.0. The van der Waals surface area contributed by atoms with Crippen LogP contribution in [0.15, 0.2) is 83.8 Å². The Hall–Kier alpha value is -4.31. The predicted octanol–water partition coefficient (Wildman–Crippen LogP) is 7.03. The largest absolute Gasteiger partial charge is 0.497 e. The van der Waals surface area contributed by atoms with Crippen molar-refractivity contribution in [2.75, 3.05) is 31.0 Å². The fourth-order valence-electron chi connectivity index (χ4n) is 5.38. The highest BCUT2D eigenvalue weighted by atomic mass is 35.5. The van der Waals surface area contributed by atoms with Crippen LogP contribution < -0.4 is 25.2 Å². The Labute approximate surface area is 284 Å². The smallest absolute Gasteiger partial charge is 0.264 e. The second-order valence-electron chi connectivity index (χ2n) is 11.3. The Balaban J connectivity index is 1.60. The molecule has 9 nitrogen and oxygen atoms in total. The third-order valence-corrected chi connectivity index (χ3v) is 8.63. The molecule has 5 rings (SSSR count). The first-order chi connectivity index (χ1) is 22.8. The molecular weight excluding hydrogens is 637 g/mol. The predicted molar refractivity (Wildman–Crippen MR) is 189 cm³/mol. The lowest BCUT2D eigenvalue weighted by Gasteiger charge is -2.25. The number of hydrogen-bond acceptors (Lipinski definition) is 8. The van der Waals surface area contributed by atoms with Gasteiger partial charge in [0.1, 0.15) is 22.7 Å². The second-order valence-corrected chi connectivity index (χ2v) is 12.0. The molecule has 0 aliphatic heterocycles. The number of halogens is 2. The van der Waals surface area contributed by atoms with E-state index in [0.717, 1.165) is 40.2 Å². The number of ether oxygens (including phenoxy) is 2. The van der Waals surface area contributed by atoms with Crippen molar-refractivity contribution < 1.29 is 14.6 Å². The van der Waals surface area contributed by atoms with Crippen molar-refractivity contribution in [3.8, 4) is 11.5 Å². The minimum atomic E-state index is -0.298. The number of aliphatic hydroxyl groups excluding tert-OH is 1. The molecule has 1 atom stereocenters. The summed E-state index contributed by atoms with van der Waals surface area (Å²) in [6, 6.07) is 22.8. The molecule has 0 spiro atoms. The molecule has 0 amide bonds. The van der Waals surface area contributed by atoms with Gasteiger partial charge in [0.05, 0.1) is 38.9 Å². The van der Waals surface area contributed by atoms with E-state index in [2.05, 4.69) is 10.2 Å². The van der Waals surface area contributed by atoms with Crippen LogP contribution >= 0.6 is 23.2 Å². The summed E-state index contributed by atoms with van der Waals surface area (Å²) in [5.41, 5.74) is 3.98. The number of benzene rings is 3. The lowest BCUT2D eigenvalue weighted by molar-refractivity contribution is 0.268. The van der Waals surface area contributed by atoms with E-state index < -0.39 is 0 Å². The molecule has 0 saturated heterocycles. The molecule has 0 unspecified atom stereocenters. The van der Waals surface area contributed by atoms with Gasteiger partial charge in [0.15, 0.2) is 0 Å². The van der Waals surface area contributed by atoms with Crippen molar-refractivity contribution in [2.24, 2.45) is 0 Å². The van der Waals surface area contributed by atoms with E-state index in [9.17, 15) is 9.90 Å². The average Bonchev–Trinajstić information content (AvgIpc) is 3.10. The van der Waals surface area contributed by atoms with E-state index in [0.29, 0.717) is 53.1 Å². The van der Waals surface area contributed by atoms with E-state index in [1.807, 2.05) is 79.7 Å². The number of anilines is 2. The normalized spacial score (nSPS) is 11.8. The molecule has 2 heterocycles. The van der Waals surface area contributed by atoms with Crippen LogP contribution in [0.4, 0.5) is 11.8 Å². The molecule has 47 heavy (non-hydrogen) atoms. The van der Waals surface area contributed by atoms with Crippen molar-refractivity contribution in [1.82, 2.24) is 14.5 Å². The van der Waals surface area contributed by atoms with E-state index >= 15 is 0 Å². The Morgan fingerprint density at radius 1 is 0.915 bits per heavy atom. The van der Waals surface area contributed by atoms with Crippen LogP contribution in [0.5, 0.6) is 11.5 Å². The number of nitrogens with zero attached hydrogens (tertiary/aromatic N) is 4. The maximum atomic E-state index is 14.1. The van der Waals surface area contributed by atoms with Crippen LogP contribution in [0, 0.1) is 0 Å². The van der Waals surface area contributed by atoms with Crippen LogP contribution in [0.25, 0.3) is 10.9 Å². The van der Waals surface area contributed by atoms with Crippen molar-refractivity contribution in [3.05, 3.63) is 117 Å². The maximum absolute atomic E-state index is 14.1. The molecule has 2 aromatic heterocycles. The third kappa shape index (κ3) is 8.35. The highest BCUT2D eigenvalue weighted by Gasteiger charge is 2.20. The summed E-state index contributed by atoms with van der Waals surface area (Å²) in [4.78, 5) is 26.0. The Kier molecular flexibility index (Phi) is 11.6. The van der Waals surface area contributed by atoms with Gasteiger partial charge in [-0.2, -0.15) is 4.98 Å². The summed E-state index contributed by atoms with van der Waals surface area (Å²) in [6.45, 7) is 3.18. The first-order valence-corrected chi connectivity index (χ1v) is 16.4. The van der Waals surface area contributed by atoms with E-state index in [-0.39, 0.29) is 24.8 Å². The molecule has 11 heteroatoms. The number of alkyl halides is 1. The lowest BCUT2D eigenvalue weighted by atomic mass is 10.1. The highest BCUT2D eigenvalue weighted by Crippen LogP contribution is 2.27. The van der Waals surface area contributed by atoms with Crippen molar-refractivity contribution >= 4 is 45.9 Å². The minimum absolute atomic E-state index is 0.111. The van der Waals surface area contributed by atoms with Gasteiger partial charge in [-0.1, -0.05) is 61.3 Å². The molecule has 3 aromatic carbocycles. The van der Waals surface area contributed by atoms with Crippen molar-refractivity contribution in [2.45, 2.75) is 51.3 Å². The van der Waals surface area contributed by atoms with Crippen molar-refractivity contribution in [1.29, 1.82) is 0 Å². The standard InChI is InChI=1S/C36H39Cl2N5O4/c1-4-5-28(23-44)39-34-33-32(16-17-42(35(33)45)22-27-11-6-26(19-37)18-31(27)38)40-36(41-34)43(20-24-7-12-29(46-2)13-8-24)21-25-9-14-30(47-3)15-10-25/h6-18,28,44H,4-5,19-23H2,1-3H3,(H,39,40,41)/t28-/m0/s1. The highest BCUT2D eigenvalue weighted by molar-refractivity contribution is 6.31. The van der Waals surface area contributed by atoms with Gasteiger partial charge in [-0.25, -0.2) is 4.98 Å². The zero-order valence-electron chi connectivity index (χ0n) is 26.7. The molecule has 0 bridgehead atoms. The van der Waals surface area contributed by atoms with Gasteiger partial charge in [0.2, 0.25) is 5.95 Å². The van der Waals surface area contributed by atoms with E-state index in [1.165, 1.54) is 0 Å².